The third kappa shape index (κ3) is 2.04. The van der Waals surface area contributed by atoms with Crippen molar-refractivity contribution in [2.24, 2.45) is 0 Å². The normalized spacial score (nSPS) is 11.6. The lowest BCUT2D eigenvalue weighted by molar-refractivity contribution is 0.587. The Morgan fingerprint density at radius 2 is 1.82 bits per heavy atom. The lowest BCUT2D eigenvalue weighted by Gasteiger charge is -2.18. The van der Waals surface area contributed by atoms with Crippen LogP contribution in [-0.4, -0.2) is 4.98 Å². The van der Waals surface area contributed by atoms with Crippen LogP contribution in [0.4, 0.5) is 0 Å². The molecule has 0 aliphatic heterocycles. The molecule has 0 spiro atoms. The standard InChI is InChI=1S/C10H15N/c1-8-5-9(7-11-6-8)10(2,3)4/h5-7H,1-4H3. The summed E-state index contributed by atoms with van der Waals surface area (Å²) in [6.07, 6.45) is 3.82. The number of aryl methyl sites for hydroxylation is 1. The van der Waals surface area contributed by atoms with E-state index in [1.54, 1.807) is 0 Å². The van der Waals surface area contributed by atoms with Gasteiger partial charge in [0, 0.05) is 12.4 Å². The van der Waals surface area contributed by atoms with E-state index in [0.717, 1.165) is 0 Å². The highest BCUT2D eigenvalue weighted by molar-refractivity contribution is 5.23. The van der Waals surface area contributed by atoms with Crippen LogP contribution in [0.1, 0.15) is 31.9 Å². The second-order valence-electron chi connectivity index (χ2n) is 4.00. The maximum Gasteiger partial charge on any atom is 0.0305 e. The van der Waals surface area contributed by atoms with Gasteiger partial charge in [-0.1, -0.05) is 26.8 Å². The van der Waals surface area contributed by atoms with E-state index in [-0.39, 0.29) is 5.41 Å². The summed E-state index contributed by atoms with van der Waals surface area (Å²) in [6.45, 7) is 8.67. The zero-order valence-electron chi connectivity index (χ0n) is 7.68. The monoisotopic (exact) mass is 149 g/mol. The van der Waals surface area contributed by atoms with E-state index in [4.69, 9.17) is 0 Å². The van der Waals surface area contributed by atoms with Crippen LogP contribution in [0.5, 0.6) is 0 Å². The molecule has 0 saturated heterocycles. The Hall–Kier alpha value is -0.850. The fourth-order valence-corrected chi connectivity index (χ4v) is 0.965. The number of rotatable bonds is 0. The molecule has 11 heavy (non-hydrogen) atoms. The Morgan fingerprint density at radius 1 is 1.18 bits per heavy atom. The zero-order valence-corrected chi connectivity index (χ0v) is 7.68. The van der Waals surface area contributed by atoms with Gasteiger partial charge in [0.2, 0.25) is 0 Å². The number of hydrogen-bond donors (Lipinski definition) is 0. The Morgan fingerprint density at radius 3 is 2.18 bits per heavy atom. The fourth-order valence-electron chi connectivity index (χ4n) is 0.965. The highest BCUT2D eigenvalue weighted by Gasteiger charge is 2.13. The summed E-state index contributed by atoms with van der Waals surface area (Å²) in [5.41, 5.74) is 2.76. The van der Waals surface area contributed by atoms with E-state index in [0.29, 0.717) is 0 Å². The van der Waals surface area contributed by atoms with Crippen LogP contribution in [0.2, 0.25) is 0 Å². The molecule has 1 aromatic heterocycles. The molecule has 1 heteroatoms. The summed E-state index contributed by atoms with van der Waals surface area (Å²) < 4.78 is 0. The van der Waals surface area contributed by atoms with Gasteiger partial charge in [-0.15, -0.1) is 0 Å². The molecule has 0 radical (unpaired) electrons. The average molecular weight is 149 g/mol. The van der Waals surface area contributed by atoms with Crippen LogP contribution in [-0.2, 0) is 5.41 Å². The maximum absolute atomic E-state index is 4.15. The van der Waals surface area contributed by atoms with Crippen molar-refractivity contribution in [1.29, 1.82) is 0 Å². The highest BCUT2D eigenvalue weighted by atomic mass is 14.6. The van der Waals surface area contributed by atoms with E-state index in [1.807, 2.05) is 12.4 Å². The van der Waals surface area contributed by atoms with Crippen LogP contribution < -0.4 is 0 Å². The Labute approximate surface area is 68.5 Å². The second-order valence-corrected chi connectivity index (χ2v) is 4.00. The molecule has 0 fully saturated rings. The summed E-state index contributed by atoms with van der Waals surface area (Å²) in [4.78, 5) is 4.15. The van der Waals surface area contributed by atoms with Crippen molar-refractivity contribution in [3.05, 3.63) is 29.6 Å². The molecule has 0 bridgehead atoms. The SMILES string of the molecule is Cc1cncc(C(C)(C)C)c1. The highest BCUT2D eigenvalue weighted by Crippen LogP contribution is 2.21. The largest absolute Gasteiger partial charge is 0.264 e. The summed E-state index contributed by atoms with van der Waals surface area (Å²) in [5, 5.41) is 0. The van der Waals surface area contributed by atoms with E-state index < -0.39 is 0 Å². The minimum absolute atomic E-state index is 0.221. The lowest BCUT2D eigenvalue weighted by atomic mass is 9.88. The molecule has 1 nitrogen and oxygen atoms in total. The van der Waals surface area contributed by atoms with E-state index in [1.165, 1.54) is 11.1 Å². The van der Waals surface area contributed by atoms with Gasteiger partial charge in [0.15, 0.2) is 0 Å². The summed E-state index contributed by atoms with van der Waals surface area (Å²) >= 11 is 0. The topological polar surface area (TPSA) is 12.9 Å². The van der Waals surface area contributed by atoms with Gasteiger partial charge in [-0.2, -0.15) is 0 Å². The Balaban J connectivity index is 3.06. The van der Waals surface area contributed by atoms with E-state index in [9.17, 15) is 0 Å². The van der Waals surface area contributed by atoms with Crippen LogP contribution in [0.15, 0.2) is 18.5 Å². The lowest BCUT2D eigenvalue weighted by Crippen LogP contribution is -2.11. The van der Waals surface area contributed by atoms with Crippen molar-refractivity contribution in [2.45, 2.75) is 33.1 Å². The first-order valence-corrected chi connectivity index (χ1v) is 3.92. The van der Waals surface area contributed by atoms with Crippen LogP contribution >= 0.6 is 0 Å². The second kappa shape index (κ2) is 2.65. The molecule has 0 aliphatic carbocycles. The molecule has 0 unspecified atom stereocenters. The number of hydrogen-bond acceptors (Lipinski definition) is 1. The number of nitrogens with zero attached hydrogens (tertiary/aromatic N) is 1. The molecule has 0 aromatic carbocycles. The molecule has 1 aromatic rings. The van der Waals surface area contributed by atoms with Gasteiger partial charge in [0.25, 0.3) is 0 Å². The molecular formula is C10H15N. The molecule has 1 heterocycles. The van der Waals surface area contributed by atoms with E-state index >= 15 is 0 Å². The van der Waals surface area contributed by atoms with Gasteiger partial charge in [0.05, 0.1) is 0 Å². The van der Waals surface area contributed by atoms with Gasteiger partial charge in [0.1, 0.15) is 0 Å². The first-order chi connectivity index (χ1) is 5.00. The molecule has 0 aliphatic rings. The third-order valence-electron chi connectivity index (χ3n) is 1.74. The number of pyridine rings is 1. The van der Waals surface area contributed by atoms with Gasteiger partial charge in [-0.25, -0.2) is 0 Å². The average Bonchev–Trinajstić information content (AvgIpc) is 1.86. The predicted octanol–water partition coefficient (Wildman–Crippen LogP) is 2.69. The van der Waals surface area contributed by atoms with Crippen LogP contribution in [0, 0.1) is 6.92 Å². The molecule has 60 valence electrons. The molecule has 0 amide bonds. The van der Waals surface area contributed by atoms with Gasteiger partial charge in [-0.05, 0) is 23.5 Å². The molecular weight excluding hydrogens is 134 g/mol. The summed E-state index contributed by atoms with van der Waals surface area (Å²) in [7, 11) is 0. The summed E-state index contributed by atoms with van der Waals surface area (Å²) in [5.74, 6) is 0. The first-order valence-electron chi connectivity index (χ1n) is 3.92. The molecule has 0 atom stereocenters. The molecule has 0 saturated carbocycles. The van der Waals surface area contributed by atoms with Crippen molar-refractivity contribution in [3.8, 4) is 0 Å². The minimum Gasteiger partial charge on any atom is -0.264 e. The van der Waals surface area contributed by atoms with Crippen LogP contribution in [0.25, 0.3) is 0 Å². The van der Waals surface area contributed by atoms with Crippen molar-refractivity contribution >= 4 is 0 Å². The van der Waals surface area contributed by atoms with Gasteiger partial charge >= 0.3 is 0 Å². The van der Waals surface area contributed by atoms with Crippen molar-refractivity contribution in [3.63, 3.8) is 0 Å². The Bertz CT molecular complexity index is 245. The predicted molar refractivity (Wildman–Crippen MR) is 47.7 cm³/mol. The number of aromatic nitrogens is 1. The first kappa shape index (κ1) is 8.25. The smallest absolute Gasteiger partial charge is 0.0305 e. The zero-order chi connectivity index (χ0) is 8.48. The van der Waals surface area contributed by atoms with Gasteiger partial charge < -0.3 is 0 Å². The van der Waals surface area contributed by atoms with Crippen molar-refractivity contribution in [1.82, 2.24) is 4.98 Å². The van der Waals surface area contributed by atoms with Gasteiger partial charge in [-0.3, -0.25) is 4.98 Å². The minimum atomic E-state index is 0.221. The third-order valence-corrected chi connectivity index (χ3v) is 1.74. The van der Waals surface area contributed by atoms with Crippen LogP contribution in [0.3, 0.4) is 0 Å². The quantitative estimate of drug-likeness (QED) is 0.552. The van der Waals surface area contributed by atoms with E-state index in [2.05, 4.69) is 38.7 Å². The van der Waals surface area contributed by atoms with Crippen molar-refractivity contribution in [2.75, 3.05) is 0 Å². The summed E-state index contributed by atoms with van der Waals surface area (Å²) in [6, 6.07) is 2.19. The molecule has 1 rings (SSSR count). The molecule has 0 N–H and O–H groups in total. The Kier molecular flexibility index (Phi) is 1.99. The maximum atomic E-state index is 4.15. The van der Waals surface area contributed by atoms with Crippen molar-refractivity contribution < 1.29 is 0 Å². The fraction of sp³-hybridized carbons (Fsp3) is 0.500.